The second-order valence-corrected chi connectivity index (χ2v) is 9.78. The molecule has 0 spiro atoms. The van der Waals surface area contributed by atoms with Crippen LogP contribution in [0.4, 0.5) is 0 Å². The van der Waals surface area contributed by atoms with Crippen LogP contribution in [0.5, 0.6) is 0 Å². The van der Waals surface area contributed by atoms with Crippen molar-refractivity contribution in [1.82, 2.24) is 15.2 Å². The summed E-state index contributed by atoms with van der Waals surface area (Å²) in [5.41, 5.74) is 10.6. The molecule has 32 heavy (non-hydrogen) atoms. The lowest BCUT2D eigenvalue weighted by Crippen LogP contribution is -2.54. The average Bonchev–Trinajstić information content (AvgIpc) is 3.30. The van der Waals surface area contributed by atoms with Gasteiger partial charge < -0.3 is 21.1 Å². The van der Waals surface area contributed by atoms with Crippen molar-refractivity contribution in [3.8, 4) is 10.4 Å². The second-order valence-electron chi connectivity index (χ2n) is 8.92. The number of carbonyl (C=O) groups is 2. The molecule has 3 atom stereocenters. The van der Waals surface area contributed by atoms with Gasteiger partial charge in [-0.3, -0.25) is 9.59 Å². The van der Waals surface area contributed by atoms with E-state index in [2.05, 4.69) is 10.3 Å². The van der Waals surface area contributed by atoms with Crippen molar-refractivity contribution >= 4 is 48.0 Å². The molecule has 7 nitrogen and oxygen atoms in total. The van der Waals surface area contributed by atoms with Crippen LogP contribution in [0.1, 0.15) is 38.4 Å². The highest BCUT2D eigenvalue weighted by Gasteiger charge is 2.42. The number of nitrogens with one attached hydrogen (secondary N) is 1. The van der Waals surface area contributed by atoms with Crippen LogP contribution < -0.4 is 11.1 Å². The van der Waals surface area contributed by atoms with E-state index < -0.39 is 23.6 Å². The molecule has 1 aliphatic heterocycles. The second kappa shape index (κ2) is 11.4. The van der Waals surface area contributed by atoms with Crippen LogP contribution in [0.15, 0.2) is 29.8 Å². The maximum atomic E-state index is 12.8. The first-order valence-corrected chi connectivity index (χ1v) is 11.0. The van der Waals surface area contributed by atoms with Gasteiger partial charge in [0.25, 0.3) is 0 Å². The lowest BCUT2D eigenvalue weighted by Gasteiger charge is -2.32. The normalized spacial score (nSPS) is 19.0. The lowest BCUT2D eigenvalue weighted by molar-refractivity contribution is -0.141. The zero-order chi connectivity index (χ0) is 22.1. The smallest absolute Gasteiger partial charge is 0.243 e. The molecule has 2 heterocycles. The minimum atomic E-state index is -0.735. The maximum Gasteiger partial charge on any atom is 0.243 e. The van der Waals surface area contributed by atoms with Gasteiger partial charge in [-0.2, -0.15) is 0 Å². The number of aliphatic hydroxyl groups is 1. The van der Waals surface area contributed by atoms with Gasteiger partial charge in [0.05, 0.1) is 28.2 Å². The van der Waals surface area contributed by atoms with Gasteiger partial charge >= 0.3 is 0 Å². The summed E-state index contributed by atoms with van der Waals surface area (Å²) in [5, 5.41) is 13.0. The summed E-state index contributed by atoms with van der Waals surface area (Å²) in [7, 11) is 0. The molecule has 1 saturated heterocycles. The minimum Gasteiger partial charge on any atom is -0.391 e. The topological polar surface area (TPSA) is 109 Å². The number of halogens is 2. The Hall–Kier alpha value is -1.71. The monoisotopic (exact) mass is 502 g/mol. The van der Waals surface area contributed by atoms with E-state index in [1.807, 2.05) is 57.5 Å². The van der Waals surface area contributed by atoms with Crippen LogP contribution in [-0.4, -0.2) is 51.5 Å². The summed E-state index contributed by atoms with van der Waals surface area (Å²) in [6, 6.07) is 6.52. The quantitative estimate of drug-likeness (QED) is 0.582. The number of thiazole rings is 1. The summed E-state index contributed by atoms with van der Waals surface area (Å²) in [6.45, 7) is 8.11. The molecule has 0 unspecified atom stereocenters. The van der Waals surface area contributed by atoms with Crippen molar-refractivity contribution in [2.75, 3.05) is 6.54 Å². The van der Waals surface area contributed by atoms with Crippen LogP contribution in [0.2, 0.25) is 0 Å². The number of hydrogen-bond acceptors (Lipinski definition) is 6. The number of rotatable bonds is 5. The van der Waals surface area contributed by atoms with E-state index in [9.17, 15) is 14.7 Å². The van der Waals surface area contributed by atoms with E-state index in [0.29, 0.717) is 6.54 Å². The molecule has 2 aromatic rings. The molecule has 1 aliphatic rings. The van der Waals surface area contributed by atoms with Crippen LogP contribution in [-0.2, 0) is 16.1 Å². The number of β-amino-alcohol motifs (C(OH)–C–C–N with tert-alkyl or cyclic N) is 1. The van der Waals surface area contributed by atoms with Crippen LogP contribution in [0.3, 0.4) is 0 Å². The standard InChI is InChI=1S/C22H30N4O3S.2ClH/c1-13-18(30-12-25-13)15-7-5-14(6-8-15)10-24-20(28)17-9-16(27)11-26(17)21(29)19(23)22(2,3)4;;/h5-8,12,16-17,19,27H,9-11,23H2,1-4H3,(H,24,28);2*1H/t16-,17-,19+;;/m0../s1. The molecule has 10 heteroatoms. The molecule has 2 amide bonds. The van der Waals surface area contributed by atoms with E-state index in [-0.39, 0.29) is 49.6 Å². The van der Waals surface area contributed by atoms with Crippen LogP contribution >= 0.6 is 36.2 Å². The zero-order valence-electron chi connectivity index (χ0n) is 18.7. The Morgan fingerprint density at radius 1 is 1.28 bits per heavy atom. The molecule has 0 aliphatic carbocycles. The minimum absolute atomic E-state index is 0. The number of aliphatic hydroxyl groups excluding tert-OH is 1. The third-order valence-corrected chi connectivity index (χ3v) is 6.47. The maximum absolute atomic E-state index is 12.8. The Kier molecular flexibility index (Phi) is 10.1. The first-order chi connectivity index (χ1) is 14.1. The first kappa shape index (κ1) is 28.3. The molecule has 1 fully saturated rings. The third kappa shape index (κ3) is 6.42. The largest absolute Gasteiger partial charge is 0.391 e. The summed E-state index contributed by atoms with van der Waals surface area (Å²) in [5.74, 6) is -0.577. The molecule has 0 saturated carbocycles. The number of aromatic nitrogens is 1. The van der Waals surface area contributed by atoms with E-state index >= 15 is 0 Å². The first-order valence-electron chi connectivity index (χ1n) is 10.1. The average molecular weight is 503 g/mol. The van der Waals surface area contributed by atoms with E-state index in [4.69, 9.17) is 5.73 Å². The number of hydrogen-bond donors (Lipinski definition) is 3. The van der Waals surface area contributed by atoms with Gasteiger partial charge in [0, 0.05) is 19.5 Å². The number of likely N-dealkylation sites (tertiary alicyclic amines) is 1. The Balaban J connectivity index is 0.00000256. The van der Waals surface area contributed by atoms with E-state index in [1.54, 1.807) is 11.3 Å². The summed E-state index contributed by atoms with van der Waals surface area (Å²) < 4.78 is 0. The van der Waals surface area contributed by atoms with Gasteiger partial charge in [-0.15, -0.1) is 36.2 Å². The molecular formula is C22H32Cl2N4O3S. The van der Waals surface area contributed by atoms with Gasteiger partial charge in [-0.1, -0.05) is 45.0 Å². The molecule has 1 aromatic heterocycles. The van der Waals surface area contributed by atoms with Crippen molar-refractivity contribution in [3.63, 3.8) is 0 Å². The zero-order valence-corrected chi connectivity index (χ0v) is 21.1. The predicted molar refractivity (Wildman–Crippen MR) is 132 cm³/mol. The Labute approximate surface area is 205 Å². The molecule has 3 rings (SSSR count). The number of nitrogens with two attached hydrogens (primary N) is 1. The van der Waals surface area contributed by atoms with Crippen molar-refractivity contribution < 1.29 is 14.7 Å². The van der Waals surface area contributed by atoms with Crippen LogP contribution in [0.25, 0.3) is 10.4 Å². The number of amides is 2. The highest BCUT2D eigenvalue weighted by atomic mass is 35.5. The molecule has 0 bridgehead atoms. The number of benzene rings is 1. The molecule has 1 aromatic carbocycles. The Morgan fingerprint density at radius 3 is 2.44 bits per heavy atom. The highest BCUT2D eigenvalue weighted by Crippen LogP contribution is 2.27. The van der Waals surface area contributed by atoms with E-state index in [0.717, 1.165) is 21.7 Å². The number of nitrogens with zero attached hydrogens (tertiary/aromatic N) is 2. The summed E-state index contributed by atoms with van der Waals surface area (Å²) in [4.78, 5) is 32.4. The Morgan fingerprint density at radius 2 is 1.91 bits per heavy atom. The van der Waals surface area contributed by atoms with Crippen LogP contribution in [0, 0.1) is 12.3 Å². The van der Waals surface area contributed by atoms with Gasteiger partial charge in [0.1, 0.15) is 6.04 Å². The molecule has 4 N–H and O–H groups in total. The molecule has 0 radical (unpaired) electrons. The fourth-order valence-corrected chi connectivity index (χ4v) is 4.33. The predicted octanol–water partition coefficient (Wildman–Crippen LogP) is 2.91. The lowest BCUT2D eigenvalue weighted by atomic mass is 9.86. The van der Waals surface area contributed by atoms with Gasteiger partial charge in [0.15, 0.2) is 0 Å². The summed E-state index contributed by atoms with van der Waals surface area (Å²) >= 11 is 1.60. The molecular weight excluding hydrogens is 471 g/mol. The Bertz CT molecular complexity index is 915. The van der Waals surface area contributed by atoms with Gasteiger partial charge in [-0.05, 0) is 23.5 Å². The van der Waals surface area contributed by atoms with Crippen molar-refractivity contribution in [1.29, 1.82) is 0 Å². The van der Waals surface area contributed by atoms with Gasteiger partial charge in [-0.25, -0.2) is 4.98 Å². The van der Waals surface area contributed by atoms with Crippen molar-refractivity contribution in [2.24, 2.45) is 11.1 Å². The van der Waals surface area contributed by atoms with Crippen molar-refractivity contribution in [2.45, 2.75) is 58.8 Å². The van der Waals surface area contributed by atoms with Crippen molar-refractivity contribution in [3.05, 3.63) is 41.0 Å². The van der Waals surface area contributed by atoms with E-state index in [1.165, 1.54) is 4.90 Å². The molecule has 178 valence electrons. The fraction of sp³-hybridized carbons (Fsp3) is 0.500. The fourth-order valence-electron chi connectivity index (χ4n) is 3.51. The SMILES string of the molecule is Cc1ncsc1-c1ccc(CNC(=O)[C@@H]2C[C@H](O)CN2C(=O)[C@@H](N)C(C)(C)C)cc1.Cl.Cl. The third-order valence-electron chi connectivity index (χ3n) is 5.49. The van der Waals surface area contributed by atoms with Gasteiger partial charge in [0.2, 0.25) is 11.8 Å². The number of carbonyl (C=O) groups excluding carboxylic acids is 2. The number of aryl methyl sites for hydroxylation is 1. The highest BCUT2D eigenvalue weighted by molar-refractivity contribution is 7.13. The summed E-state index contributed by atoms with van der Waals surface area (Å²) in [6.07, 6.45) is -0.503.